The van der Waals surface area contributed by atoms with Crippen LogP contribution in [-0.2, 0) is 0 Å². The Hall–Kier alpha value is -0.730. The number of carbonyl (C=O) groups is 1. The largest absolute Gasteiger partial charge is 0.465 e. The Bertz CT molecular complexity index is 147. The number of nitrogens with zero attached hydrogens (tertiary/aromatic N) is 1. The Kier molecular flexibility index (Phi) is 2.74. The maximum Gasteiger partial charge on any atom is 0.407 e. The summed E-state index contributed by atoms with van der Waals surface area (Å²) in [6.45, 7) is 2.78. The van der Waals surface area contributed by atoms with Crippen LogP contribution in [-0.4, -0.2) is 28.7 Å². The van der Waals surface area contributed by atoms with Crippen LogP contribution in [0.1, 0.15) is 32.6 Å². The average Bonchev–Trinajstić information content (AvgIpc) is 2.04. The van der Waals surface area contributed by atoms with Gasteiger partial charge in [-0.05, 0) is 25.7 Å². The molecule has 1 atom stereocenters. The van der Waals surface area contributed by atoms with Crippen molar-refractivity contribution < 1.29 is 9.90 Å². The molecule has 0 aromatic rings. The van der Waals surface area contributed by atoms with Crippen LogP contribution in [0.5, 0.6) is 0 Å². The fourth-order valence-electron chi connectivity index (χ4n) is 1.68. The molecule has 0 aromatic heterocycles. The normalized spacial score (nSPS) is 25.2. The quantitative estimate of drug-likeness (QED) is 0.631. The first kappa shape index (κ1) is 8.37. The first-order valence-corrected chi connectivity index (χ1v) is 4.25. The highest BCUT2D eigenvalue weighted by atomic mass is 16.4. The van der Waals surface area contributed by atoms with Gasteiger partial charge >= 0.3 is 6.09 Å². The van der Waals surface area contributed by atoms with Crippen molar-refractivity contribution in [1.29, 1.82) is 0 Å². The molecule has 1 rings (SSSR count). The number of likely N-dealkylation sites (tertiary alicyclic amines) is 1. The lowest BCUT2D eigenvalue weighted by atomic mass is 10.0. The molecule has 11 heavy (non-hydrogen) atoms. The Morgan fingerprint density at radius 2 is 2.36 bits per heavy atom. The lowest BCUT2D eigenvalue weighted by Crippen LogP contribution is -2.42. The van der Waals surface area contributed by atoms with E-state index in [2.05, 4.69) is 0 Å². The molecule has 1 heterocycles. The third-order valence-corrected chi connectivity index (χ3v) is 2.34. The van der Waals surface area contributed by atoms with E-state index in [0.29, 0.717) is 0 Å². The van der Waals surface area contributed by atoms with E-state index in [1.807, 2.05) is 6.92 Å². The number of amides is 1. The van der Waals surface area contributed by atoms with Gasteiger partial charge in [0.2, 0.25) is 0 Å². The number of hydrogen-bond donors (Lipinski definition) is 1. The molecule has 1 saturated heterocycles. The minimum atomic E-state index is -0.753. The summed E-state index contributed by atoms with van der Waals surface area (Å²) in [6.07, 6.45) is 3.46. The zero-order valence-corrected chi connectivity index (χ0v) is 6.92. The van der Waals surface area contributed by atoms with Gasteiger partial charge < -0.3 is 10.0 Å². The highest BCUT2D eigenvalue weighted by Gasteiger charge is 2.24. The predicted octanol–water partition coefficient (Wildman–Crippen LogP) is 1.93. The summed E-state index contributed by atoms with van der Waals surface area (Å²) in [5, 5.41) is 8.77. The van der Waals surface area contributed by atoms with E-state index in [0.717, 1.165) is 25.8 Å². The van der Waals surface area contributed by atoms with Crippen molar-refractivity contribution in [1.82, 2.24) is 4.90 Å². The highest BCUT2D eigenvalue weighted by molar-refractivity contribution is 5.65. The van der Waals surface area contributed by atoms with Crippen molar-refractivity contribution >= 4 is 6.09 Å². The summed E-state index contributed by atoms with van der Waals surface area (Å²) in [5.74, 6) is 0. The summed E-state index contributed by atoms with van der Waals surface area (Å²) in [6, 6.07) is 0.279. The summed E-state index contributed by atoms with van der Waals surface area (Å²) in [5.41, 5.74) is 0. The van der Waals surface area contributed by atoms with E-state index in [-0.39, 0.29) is 6.04 Å². The molecule has 0 saturated carbocycles. The van der Waals surface area contributed by atoms with Crippen LogP contribution < -0.4 is 0 Å². The number of rotatable bonds is 1. The maximum absolute atomic E-state index is 10.6. The second kappa shape index (κ2) is 3.60. The van der Waals surface area contributed by atoms with Crippen molar-refractivity contribution in [3.63, 3.8) is 0 Å². The minimum absolute atomic E-state index is 0.279. The third kappa shape index (κ3) is 1.85. The smallest absolute Gasteiger partial charge is 0.407 e. The fourth-order valence-corrected chi connectivity index (χ4v) is 1.68. The van der Waals surface area contributed by atoms with Crippen LogP contribution in [0.3, 0.4) is 0 Å². The Morgan fingerprint density at radius 3 is 2.82 bits per heavy atom. The molecule has 1 amide bonds. The molecule has 0 unspecified atom stereocenters. The van der Waals surface area contributed by atoms with Gasteiger partial charge in [-0.3, -0.25) is 0 Å². The van der Waals surface area contributed by atoms with Gasteiger partial charge in [-0.1, -0.05) is 6.92 Å². The molecular weight excluding hydrogens is 142 g/mol. The summed E-state index contributed by atoms with van der Waals surface area (Å²) >= 11 is 0. The van der Waals surface area contributed by atoms with Gasteiger partial charge in [0.25, 0.3) is 0 Å². The molecule has 0 aliphatic carbocycles. The van der Waals surface area contributed by atoms with E-state index in [9.17, 15) is 4.79 Å². The monoisotopic (exact) mass is 157 g/mol. The topological polar surface area (TPSA) is 40.5 Å². The summed E-state index contributed by atoms with van der Waals surface area (Å²) in [4.78, 5) is 12.2. The molecule has 1 fully saturated rings. The summed E-state index contributed by atoms with van der Waals surface area (Å²) < 4.78 is 0. The van der Waals surface area contributed by atoms with Gasteiger partial charge in [0, 0.05) is 12.6 Å². The van der Waals surface area contributed by atoms with E-state index in [4.69, 9.17) is 5.11 Å². The second-order valence-corrected chi connectivity index (χ2v) is 3.03. The number of piperidine rings is 1. The van der Waals surface area contributed by atoms with Crippen molar-refractivity contribution in [2.45, 2.75) is 38.6 Å². The fraction of sp³-hybridized carbons (Fsp3) is 0.875. The van der Waals surface area contributed by atoms with Crippen LogP contribution in [0.2, 0.25) is 0 Å². The van der Waals surface area contributed by atoms with Gasteiger partial charge in [-0.15, -0.1) is 0 Å². The molecule has 1 aliphatic heterocycles. The molecule has 3 heteroatoms. The molecule has 1 N–H and O–H groups in total. The standard InChI is InChI=1S/C8H15NO2/c1-2-7-5-3-4-6-9(7)8(10)11/h7H,2-6H2,1H3,(H,10,11)/t7-/m1/s1. The van der Waals surface area contributed by atoms with Gasteiger partial charge in [0.15, 0.2) is 0 Å². The minimum Gasteiger partial charge on any atom is -0.465 e. The van der Waals surface area contributed by atoms with Crippen LogP contribution in [0.4, 0.5) is 4.79 Å². The second-order valence-electron chi connectivity index (χ2n) is 3.03. The molecule has 0 bridgehead atoms. The number of hydrogen-bond acceptors (Lipinski definition) is 1. The van der Waals surface area contributed by atoms with E-state index >= 15 is 0 Å². The predicted molar refractivity (Wildman–Crippen MR) is 42.7 cm³/mol. The van der Waals surface area contributed by atoms with Crippen molar-refractivity contribution in [3.8, 4) is 0 Å². The van der Waals surface area contributed by atoms with Crippen LogP contribution in [0.25, 0.3) is 0 Å². The van der Waals surface area contributed by atoms with Gasteiger partial charge in [-0.2, -0.15) is 0 Å². The van der Waals surface area contributed by atoms with Crippen LogP contribution >= 0.6 is 0 Å². The molecule has 0 aromatic carbocycles. The van der Waals surface area contributed by atoms with Gasteiger partial charge in [0.1, 0.15) is 0 Å². The maximum atomic E-state index is 10.6. The van der Waals surface area contributed by atoms with Crippen LogP contribution in [0, 0.1) is 0 Å². The third-order valence-electron chi connectivity index (χ3n) is 2.34. The van der Waals surface area contributed by atoms with Crippen molar-refractivity contribution in [3.05, 3.63) is 0 Å². The average molecular weight is 157 g/mol. The zero-order chi connectivity index (χ0) is 8.27. The number of carboxylic acid groups (broad SMARTS) is 1. The van der Waals surface area contributed by atoms with Gasteiger partial charge in [0.05, 0.1) is 0 Å². The SMILES string of the molecule is CC[C@@H]1CCCCN1C(=O)O. The highest BCUT2D eigenvalue weighted by Crippen LogP contribution is 2.18. The molecular formula is C8H15NO2. The Morgan fingerprint density at radius 1 is 1.64 bits per heavy atom. The first-order chi connectivity index (χ1) is 5.25. The summed E-state index contributed by atoms with van der Waals surface area (Å²) in [7, 11) is 0. The van der Waals surface area contributed by atoms with E-state index in [1.165, 1.54) is 6.42 Å². The van der Waals surface area contributed by atoms with Crippen LogP contribution in [0.15, 0.2) is 0 Å². The zero-order valence-electron chi connectivity index (χ0n) is 6.92. The molecule has 3 nitrogen and oxygen atoms in total. The first-order valence-electron chi connectivity index (χ1n) is 4.25. The van der Waals surface area contributed by atoms with Crippen molar-refractivity contribution in [2.75, 3.05) is 6.54 Å². The van der Waals surface area contributed by atoms with E-state index in [1.54, 1.807) is 4.90 Å². The Labute approximate surface area is 67.0 Å². The van der Waals surface area contributed by atoms with E-state index < -0.39 is 6.09 Å². The Balaban J connectivity index is 2.51. The lowest BCUT2D eigenvalue weighted by Gasteiger charge is -2.32. The van der Waals surface area contributed by atoms with Crippen molar-refractivity contribution in [2.24, 2.45) is 0 Å². The lowest BCUT2D eigenvalue weighted by molar-refractivity contribution is 0.105. The van der Waals surface area contributed by atoms with Gasteiger partial charge in [-0.25, -0.2) is 4.79 Å². The molecule has 64 valence electrons. The molecule has 1 aliphatic rings. The molecule has 0 radical (unpaired) electrons. The molecule has 0 spiro atoms.